The summed E-state index contributed by atoms with van der Waals surface area (Å²) in [5.74, 6) is 0. The summed E-state index contributed by atoms with van der Waals surface area (Å²) in [6.07, 6.45) is 4.95. The van der Waals surface area contributed by atoms with E-state index in [4.69, 9.17) is 11.8 Å². The molecule has 0 amide bonds. The summed E-state index contributed by atoms with van der Waals surface area (Å²) in [6, 6.07) is 0. The first-order valence-corrected chi connectivity index (χ1v) is 2.58. The van der Waals surface area contributed by atoms with Crippen LogP contribution >= 0.6 is 11.8 Å². The molecule has 0 aromatic rings. The third-order valence-corrected chi connectivity index (χ3v) is 1.14. The van der Waals surface area contributed by atoms with Crippen molar-refractivity contribution in [2.75, 3.05) is 0 Å². The van der Waals surface area contributed by atoms with Crippen molar-refractivity contribution in [1.29, 1.82) is 0 Å². The number of nitrogens with zero attached hydrogens (tertiary/aromatic N) is 1. The summed E-state index contributed by atoms with van der Waals surface area (Å²) >= 11 is 5.29. The molecule has 0 aromatic heterocycles. The second-order valence-corrected chi connectivity index (χ2v) is 1.83. The van der Waals surface area contributed by atoms with E-state index >= 15 is 0 Å². The lowest BCUT2D eigenvalue weighted by Gasteiger charge is -2.13. The first-order chi connectivity index (χ1) is 3.80. The summed E-state index contributed by atoms with van der Waals surface area (Å²) in [5.41, 5.74) is 0. The molecule has 1 nitrogen and oxygen atoms in total. The molecule has 0 aromatic carbocycles. The van der Waals surface area contributed by atoms with Crippen molar-refractivity contribution in [2.45, 2.75) is 6.30 Å². The number of allylic oxidation sites excluding steroid dienone is 2. The van der Waals surface area contributed by atoms with Crippen LogP contribution in [0.4, 0.5) is 4.39 Å². The number of alkyl halides is 1. The molecule has 0 saturated carbocycles. The van der Waals surface area contributed by atoms with Gasteiger partial charge in [0.25, 0.3) is 0 Å². The van der Waals surface area contributed by atoms with Gasteiger partial charge in [-0.25, -0.2) is 4.39 Å². The molecule has 0 saturated heterocycles. The molecule has 0 spiro atoms. The average molecular weight is 134 g/mol. The highest BCUT2D eigenvalue weighted by atomic mass is 35.5. The minimum absolute atomic E-state index is 0.972. The van der Waals surface area contributed by atoms with Crippen molar-refractivity contribution in [1.82, 2.24) is 4.42 Å². The smallest absolute Gasteiger partial charge is 0.204 e. The lowest BCUT2D eigenvalue weighted by atomic mass is 10.4. The largest absolute Gasteiger partial charge is 0.256 e. The Kier molecular flexibility index (Phi) is 1.53. The third-order valence-electron chi connectivity index (χ3n) is 0.845. The van der Waals surface area contributed by atoms with Gasteiger partial charge in [-0.1, -0.05) is 6.08 Å². The molecule has 0 radical (unpaired) electrons. The van der Waals surface area contributed by atoms with Crippen molar-refractivity contribution < 1.29 is 4.39 Å². The van der Waals surface area contributed by atoms with Crippen molar-refractivity contribution >= 4 is 11.8 Å². The van der Waals surface area contributed by atoms with Crippen molar-refractivity contribution in [3.8, 4) is 0 Å². The molecule has 0 N–H and O–H groups in total. The Bertz CT molecular complexity index is 116. The highest BCUT2D eigenvalue weighted by molar-refractivity contribution is 6.14. The topological polar surface area (TPSA) is 3.24 Å². The summed E-state index contributed by atoms with van der Waals surface area (Å²) < 4.78 is 13.2. The summed E-state index contributed by atoms with van der Waals surface area (Å²) in [7, 11) is 0. The molecule has 1 unspecified atom stereocenters. The van der Waals surface area contributed by atoms with Crippen molar-refractivity contribution in [3.63, 3.8) is 0 Å². The van der Waals surface area contributed by atoms with E-state index in [0.29, 0.717) is 0 Å². The summed E-state index contributed by atoms with van der Waals surface area (Å²) in [6.45, 7) is 0. The van der Waals surface area contributed by atoms with Gasteiger partial charge in [0.1, 0.15) is 0 Å². The van der Waals surface area contributed by atoms with Gasteiger partial charge in [0.05, 0.1) is 0 Å². The minimum atomic E-state index is -1.17. The molecule has 0 fully saturated rings. The van der Waals surface area contributed by atoms with Gasteiger partial charge in [-0.15, -0.1) is 0 Å². The monoisotopic (exact) mass is 133 g/mol. The molecule has 1 heterocycles. The number of hydrogen-bond acceptors (Lipinski definition) is 1. The van der Waals surface area contributed by atoms with Crippen LogP contribution in [0, 0.1) is 0 Å². The fourth-order valence-electron chi connectivity index (χ4n) is 0.452. The van der Waals surface area contributed by atoms with Crippen molar-refractivity contribution in [3.05, 3.63) is 24.4 Å². The Hall–Kier alpha value is -0.500. The predicted octanol–water partition coefficient (Wildman–Crippen LogP) is 1.82. The maximum Gasteiger partial charge on any atom is 0.204 e. The van der Waals surface area contributed by atoms with Crippen LogP contribution in [0.15, 0.2) is 24.4 Å². The zero-order valence-corrected chi connectivity index (χ0v) is 4.85. The van der Waals surface area contributed by atoms with E-state index in [1.54, 1.807) is 12.2 Å². The maximum atomic E-state index is 12.2. The van der Waals surface area contributed by atoms with Crippen LogP contribution in [0.25, 0.3) is 0 Å². The third kappa shape index (κ3) is 1.01. The molecule has 0 bridgehead atoms. The van der Waals surface area contributed by atoms with Gasteiger partial charge in [0, 0.05) is 18.0 Å². The fourth-order valence-corrected chi connectivity index (χ4v) is 0.582. The Morgan fingerprint density at radius 1 is 1.50 bits per heavy atom. The van der Waals surface area contributed by atoms with Gasteiger partial charge >= 0.3 is 0 Å². The van der Waals surface area contributed by atoms with E-state index in [2.05, 4.69) is 0 Å². The quantitative estimate of drug-likeness (QED) is 0.360. The summed E-state index contributed by atoms with van der Waals surface area (Å²) in [4.78, 5) is 0. The van der Waals surface area contributed by atoms with Crippen LogP contribution in [0.1, 0.15) is 0 Å². The molecule has 8 heavy (non-hydrogen) atoms. The van der Waals surface area contributed by atoms with Gasteiger partial charge < -0.3 is 0 Å². The van der Waals surface area contributed by atoms with Gasteiger partial charge in [0.15, 0.2) is 0 Å². The van der Waals surface area contributed by atoms with Gasteiger partial charge in [-0.05, 0) is 12.2 Å². The van der Waals surface area contributed by atoms with Gasteiger partial charge in [-0.2, -0.15) is 0 Å². The molecule has 1 aliphatic rings. The second-order valence-electron chi connectivity index (χ2n) is 1.44. The molecule has 0 aliphatic carbocycles. The normalized spacial score (nSPS) is 26.8. The molecule has 3 heteroatoms. The average Bonchev–Trinajstić information content (AvgIpc) is 1.77. The Morgan fingerprint density at radius 2 is 2.25 bits per heavy atom. The van der Waals surface area contributed by atoms with E-state index in [1.807, 2.05) is 0 Å². The maximum absolute atomic E-state index is 12.2. The molecular formula is C5H5ClFN. The minimum Gasteiger partial charge on any atom is -0.256 e. The SMILES string of the molecule is FC1C=CC=CN1Cl. The fraction of sp³-hybridized carbons (Fsp3) is 0.200. The molecular weight excluding hydrogens is 129 g/mol. The highest BCUT2D eigenvalue weighted by Gasteiger charge is 2.07. The lowest BCUT2D eigenvalue weighted by molar-refractivity contribution is 0.269. The van der Waals surface area contributed by atoms with Gasteiger partial charge in [0.2, 0.25) is 6.30 Å². The molecule has 1 atom stereocenters. The van der Waals surface area contributed by atoms with E-state index in [1.165, 1.54) is 12.3 Å². The van der Waals surface area contributed by atoms with Crippen LogP contribution in [0.2, 0.25) is 0 Å². The standard InChI is InChI=1S/C5H5ClFN/c6-8-4-2-1-3-5(8)7/h1-5H. The van der Waals surface area contributed by atoms with Crippen LogP contribution in [-0.4, -0.2) is 10.7 Å². The van der Waals surface area contributed by atoms with Crippen LogP contribution < -0.4 is 0 Å². The predicted molar refractivity (Wildman–Crippen MR) is 30.9 cm³/mol. The molecule has 1 aliphatic heterocycles. The number of halogens is 2. The first kappa shape index (κ1) is 5.63. The second kappa shape index (κ2) is 2.18. The van der Waals surface area contributed by atoms with E-state index in [-0.39, 0.29) is 0 Å². The van der Waals surface area contributed by atoms with Crippen LogP contribution in [0.3, 0.4) is 0 Å². The highest BCUT2D eigenvalue weighted by Crippen LogP contribution is 2.10. The molecule has 1 rings (SSSR count). The van der Waals surface area contributed by atoms with Gasteiger partial charge in [-0.3, -0.25) is 4.42 Å². The Balaban J connectivity index is 2.59. The summed E-state index contributed by atoms with van der Waals surface area (Å²) in [5, 5.41) is 0. The van der Waals surface area contributed by atoms with Crippen molar-refractivity contribution in [2.24, 2.45) is 0 Å². The first-order valence-electron chi connectivity index (χ1n) is 2.24. The zero-order chi connectivity index (χ0) is 5.98. The van der Waals surface area contributed by atoms with Crippen LogP contribution in [0.5, 0.6) is 0 Å². The van der Waals surface area contributed by atoms with Crippen LogP contribution in [-0.2, 0) is 0 Å². The molecule has 44 valence electrons. The number of rotatable bonds is 0. The van der Waals surface area contributed by atoms with E-state index < -0.39 is 6.30 Å². The Labute approximate surface area is 52.2 Å². The lowest BCUT2D eigenvalue weighted by Crippen LogP contribution is -2.15. The van der Waals surface area contributed by atoms with E-state index in [0.717, 1.165) is 4.42 Å². The number of hydrogen-bond donors (Lipinski definition) is 0. The Morgan fingerprint density at radius 3 is 2.62 bits per heavy atom. The zero-order valence-electron chi connectivity index (χ0n) is 4.09. The van der Waals surface area contributed by atoms with E-state index in [9.17, 15) is 4.39 Å².